The second kappa shape index (κ2) is 8.57. The minimum absolute atomic E-state index is 0.238. The SMILES string of the molecule is C=C/C=C(\C=C)c1cc(-c2cc3ccccc3o2)c2ccc3c(-c4ccc(F)cc4)ccc4ccc1c2c43. The Balaban J connectivity index is 1.64. The van der Waals surface area contributed by atoms with E-state index in [-0.39, 0.29) is 5.82 Å². The molecule has 0 unspecified atom stereocenters. The molecule has 0 aliphatic carbocycles. The predicted octanol–water partition coefficient (Wildman–Crippen LogP) is 10.6. The molecular formula is C36H23FO. The van der Waals surface area contributed by atoms with Gasteiger partial charge in [0.15, 0.2) is 0 Å². The summed E-state index contributed by atoms with van der Waals surface area (Å²) in [6.45, 7) is 8.02. The Morgan fingerprint density at radius 2 is 1.42 bits per heavy atom. The highest BCUT2D eigenvalue weighted by molar-refractivity contribution is 6.29. The van der Waals surface area contributed by atoms with E-state index in [0.717, 1.165) is 66.1 Å². The predicted molar refractivity (Wildman–Crippen MR) is 159 cm³/mol. The Morgan fingerprint density at radius 1 is 0.684 bits per heavy atom. The number of fused-ring (bicyclic) bond motifs is 1. The number of rotatable bonds is 5. The van der Waals surface area contributed by atoms with E-state index in [1.165, 1.54) is 22.9 Å². The van der Waals surface area contributed by atoms with Crippen LogP contribution in [0.1, 0.15) is 5.56 Å². The molecule has 38 heavy (non-hydrogen) atoms. The van der Waals surface area contributed by atoms with Gasteiger partial charge < -0.3 is 4.42 Å². The van der Waals surface area contributed by atoms with Crippen molar-refractivity contribution < 1.29 is 8.81 Å². The lowest BCUT2D eigenvalue weighted by atomic mass is 9.84. The highest BCUT2D eigenvalue weighted by Crippen LogP contribution is 2.45. The van der Waals surface area contributed by atoms with Crippen molar-refractivity contribution in [1.29, 1.82) is 0 Å². The van der Waals surface area contributed by atoms with Gasteiger partial charge in [-0.3, -0.25) is 0 Å². The summed E-state index contributed by atoms with van der Waals surface area (Å²) in [5.41, 5.74) is 6.02. The number of hydrogen-bond acceptors (Lipinski definition) is 1. The molecule has 0 aliphatic rings. The van der Waals surface area contributed by atoms with Crippen LogP contribution in [0.3, 0.4) is 0 Å². The second-order valence-corrected chi connectivity index (χ2v) is 9.55. The number of furan rings is 1. The first-order chi connectivity index (χ1) is 18.7. The zero-order chi connectivity index (χ0) is 25.8. The molecule has 0 radical (unpaired) electrons. The first-order valence-electron chi connectivity index (χ1n) is 12.6. The van der Waals surface area contributed by atoms with Crippen molar-refractivity contribution in [1.82, 2.24) is 0 Å². The summed E-state index contributed by atoms with van der Waals surface area (Å²) >= 11 is 0. The monoisotopic (exact) mass is 490 g/mol. The molecule has 0 amide bonds. The summed E-state index contributed by atoms with van der Waals surface area (Å²) in [6, 6.07) is 32.1. The van der Waals surface area contributed by atoms with E-state index in [0.29, 0.717) is 0 Å². The van der Waals surface area contributed by atoms with Crippen LogP contribution in [0.25, 0.3) is 71.3 Å². The third-order valence-electron chi connectivity index (χ3n) is 7.46. The number of hydrogen-bond donors (Lipinski definition) is 0. The van der Waals surface area contributed by atoms with Crippen molar-refractivity contribution in [3.8, 4) is 22.5 Å². The van der Waals surface area contributed by atoms with Crippen LogP contribution in [-0.2, 0) is 0 Å². The Kier molecular flexibility index (Phi) is 5.02. The average molecular weight is 491 g/mol. The Bertz CT molecular complexity index is 2020. The van der Waals surface area contributed by atoms with E-state index in [2.05, 4.69) is 67.8 Å². The molecule has 1 aromatic heterocycles. The lowest BCUT2D eigenvalue weighted by Crippen LogP contribution is -1.93. The van der Waals surface area contributed by atoms with E-state index in [4.69, 9.17) is 4.42 Å². The molecule has 0 bridgehead atoms. The van der Waals surface area contributed by atoms with Gasteiger partial charge in [0.05, 0.1) is 0 Å². The van der Waals surface area contributed by atoms with Gasteiger partial charge in [0.2, 0.25) is 0 Å². The summed E-state index contributed by atoms with van der Waals surface area (Å²) in [4.78, 5) is 0. The largest absolute Gasteiger partial charge is 0.456 e. The van der Waals surface area contributed by atoms with Crippen molar-refractivity contribution in [2.24, 2.45) is 0 Å². The molecule has 1 heterocycles. The topological polar surface area (TPSA) is 13.1 Å². The van der Waals surface area contributed by atoms with Crippen LogP contribution in [0.5, 0.6) is 0 Å². The molecule has 6 aromatic carbocycles. The Morgan fingerprint density at radius 3 is 2.18 bits per heavy atom. The highest BCUT2D eigenvalue weighted by Gasteiger charge is 2.20. The molecule has 0 fully saturated rings. The van der Waals surface area contributed by atoms with Crippen LogP contribution < -0.4 is 0 Å². The summed E-state index contributed by atoms with van der Waals surface area (Å²) in [6.07, 6.45) is 5.66. The van der Waals surface area contributed by atoms with Crippen molar-refractivity contribution in [3.63, 3.8) is 0 Å². The maximum absolute atomic E-state index is 13.7. The van der Waals surface area contributed by atoms with Gasteiger partial charge in [-0.05, 0) is 84.9 Å². The fourth-order valence-electron chi connectivity index (χ4n) is 5.73. The molecule has 0 atom stereocenters. The first-order valence-corrected chi connectivity index (χ1v) is 12.6. The molecule has 180 valence electrons. The Labute approximate surface area is 219 Å². The molecule has 0 spiro atoms. The van der Waals surface area contributed by atoms with Crippen LogP contribution in [0.4, 0.5) is 4.39 Å². The van der Waals surface area contributed by atoms with E-state index >= 15 is 0 Å². The molecular weight excluding hydrogens is 467 g/mol. The molecule has 0 aliphatic heterocycles. The van der Waals surface area contributed by atoms with E-state index in [1.807, 2.05) is 42.5 Å². The third-order valence-corrected chi connectivity index (χ3v) is 7.46. The van der Waals surface area contributed by atoms with Crippen LogP contribution >= 0.6 is 0 Å². The Hall–Kier alpha value is -4.95. The first kappa shape index (κ1) is 22.3. The quantitative estimate of drug-likeness (QED) is 0.173. The zero-order valence-corrected chi connectivity index (χ0v) is 20.7. The molecule has 0 N–H and O–H groups in total. The fraction of sp³-hybridized carbons (Fsp3) is 0. The average Bonchev–Trinajstić information content (AvgIpc) is 3.39. The molecule has 2 heteroatoms. The van der Waals surface area contributed by atoms with Crippen LogP contribution in [-0.4, -0.2) is 0 Å². The van der Waals surface area contributed by atoms with Crippen LogP contribution in [0, 0.1) is 5.82 Å². The van der Waals surface area contributed by atoms with E-state index in [9.17, 15) is 4.39 Å². The van der Waals surface area contributed by atoms with Gasteiger partial charge in [0.25, 0.3) is 0 Å². The van der Waals surface area contributed by atoms with Gasteiger partial charge in [-0.2, -0.15) is 0 Å². The van der Waals surface area contributed by atoms with Gasteiger partial charge in [-0.15, -0.1) is 0 Å². The van der Waals surface area contributed by atoms with Crippen molar-refractivity contribution in [3.05, 3.63) is 140 Å². The van der Waals surface area contributed by atoms with Gasteiger partial charge in [-0.1, -0.05) is 98.1 Å². The van der Waals surface area contributed by atoms with Crippen molar-refractivity contribution in [2.45, 2.75) is 0 Å². The molecule has 7 rings (SSSR count). The number of benzene rings is 6. The molecule has 7 aromatic rings. The summed E-state index contributed by atoms with van der Waals surface area (Å²) < 4.78 is 20.1. The normalized spacial score (nSPS) is 12.2. The molecule has 0 saturated carbocycles. The van der Waals surface area contributed by atoms with Gasteiger partial charge >= 0.3 is 0 Å². The highest BCUT2D eigenvalue weighted by atomic mass is 19.1. The summed E-state index contributed by atoms with van der Waals surface area (Å²) in [5.74, 6) is 0.587. The fourth-order valence-corrected chi connectivity index (χ4v) is 5.73. The zero-order valence-electron chi connectivity index (χ0n) is 20.7. The van der Waals surface area contributed by atoms with E-state index < -0.39 is 0 Å². The standard InChI is InChI=1S/C36H23FO/c1-3-7-22(4-2)31-21-32(34-20-25-8-5-6-9-33(25)38-34)30-19-18-28-27(23-10-14-26(37)15-11-23)16-12-24-13-17-29(31)36(30)35(24)28/h3-21H,1-2H2/b22-7+. The van der Waals surface area contributed by atoms with Crippen molar-refractivity contribution >= 4 is 48.9 Å². The molecule has 0 saturated heterocycles. The number of para-hydroxylation sites is 1. The lowest BCUT2D eigenvalue weighted by Gasteiger charge is -2.19. The summed E-state index contributed by atoms with van der Waals surface area (Å²) in [5, 5.41) is 7.98. The molecule has 1 nitrogen and oxygen atoms in total. The van der Waals surface area contributed by atoms with Crippen LogP contribution in [0.2, 0.25) is 0 Å². The summed E-state index contributed by atoms with van der Waals surface area (Å²) in [7, 11) is 0. The number of halogens is 1. The van der Waals surface area contributed by atoms with Crippen molar-refractivity contribution in [2.75, 3.05) is 0 Å². The van der Waals surface area contributed by atoms with Gasteiger partial charge in [0.1, 0.15) is 17.2 Å². The lowest BCUT2D eigenvalue weighted by molar-refractivity contribution is 0.628. The van der Waals surface area contributed by atoms with E-state index in [1.54, 1.807) is 6.08 Å². The third kappa shape index (κ3) is 3.31. The smallest absolute Gasteiger partial charge is 0.136 e. The maximum atomic E-state index is 13.7. The number of allylic oxidation sites excluding steroid dienone is 4. The minimum Gasteiger partial charge on any atom is -0.456 e. The van der Waals surface area contributed by atoms with Crippen LogP contribution in [0.15, 0.2) is 133 Å². The van der Waals surface area contributed by atoms with Gasteiger partial charge in [-0.25, -0.2) is 4.39 Å². The van der Waals surface area contributed by atoms with Gasteiger partial charge in [0, 0.05) is 10.9 Å². The minimum atomic E-state index is -0.238. The maximum Gasteiger partial charge on any atom is 0.136 e. The second-order valence-electron chi connectivity index (χ2n) is 9.55.